The third-order valence-electron chi connectivity index (χ3n) is 5.37. The van der Waals surface area contributed by atoms with Crippen molar-refractivity contribution in [1.82, 2.24) is 9.38 Å². The van der Waals surface area contributed by atoms with E-state index < -0.39 is 5.97 Å². The van der Waals surface area contributed by atoms with Crippen molar-refractivity contribution in [2.24, 2.45) is 0 Å². The number of amides is 1. The van der Waals surface area contributed by atoms with Crippen LogP contribution in [-0.2, 0) is 11.3 Å². The number of rotatable bonds is 5. The van der Waals surface area contributed by atoms with Gasteiger partial charge in [0.2, 0.25) is 0 Å². The lowest BCUT2D eigenvalue weighted by molar-refractivity contribution is 0.0467. The number of nitrogens with zero attached hydrogens (tertiary/aromatic N) is 2. The molecule has 0 unspecified atom stereocenters. The van der Waals surface area contributed by atoms with Crippen molar-refractivity contribution < 1.29 is 14.3 Å². The fraction of sp³-hybridized carbons (Fsp3) is 0.0769. The molecular formula is C26H19N3O4S. The van der Waals surface area contributed by atoms with E-state index in [0.717, 1.165) is 16.5 Å². The Hall–Kier alpha value is -4.30. The Morgan fingerprint density at radius 2 is 1.82 bits per heavy atom. The molecule has 0 fully saturated rings. The van der Waals surface area contributed by atoms with E-state index >= 15 is 0 Å². The fourth-order valence-corrected chi connectivity index (χ4v) is 4.63. The molecule has 0 saturated carbocycles. The van der Waals surface area contributed by atoms with Gasteiger partial charge < -0.3 is 10.1 Å². The molecule has 2 aromatic heterocycles. The summed E-state index contributed by atoms with van der Waals surface area (Å²) in [6.07, 6.45) is 0. The topological polar surface area (TPSA) is 89.8 Å². The maximum atomic E-state index is 12.9. The summed E-state index contributed by atoms with van der Waals surface area (Å²) in [4.78, 5) is 42.7. The van der Waals surface area contributed by atoms with Crippen LogP contribution in [0.5, 0.6) is 0 Å². The molecule has 168 valence electrons. The molecule has 0 bridgehead atoms. The summed E-state index contributed by atoms with van der Waals surface area (Å²) in [7, 11) is 0. The molecule has 0 aliphatic carbocycles. The molecule has 5 aromatic rings. The van der Waals surface area contributed by atoms with Crippen LogP contribution in [0.15, 0.2) is 83.0 Å². The lowest BCUT2D eigenvalue weighted by Gasteiger charge is -2.10. The minimum Gasteiger partial charge on any atom is -0.456 e. The van der Waals surface area contributed by atoms with Gasteiger partial charge in [-0.25, -0.2) is 9.78 Å². The van der Waals surface area contributed by atoms with Gasteiger partial charge in [-0.05, 0) is 42.0 Å². The zero-order valence-corrected chi connectivity index (χ0v) is 19.0. The fourth-order valence-electron chi connectivity index (χ4n) is 3.74. The average molecular weight is 470 g/mol. The van der Waals surface area contributed by atoms with E-state index in [4.69, 9.17) is 4.74 Å². The highest BCUT2D eigenvalue weighted by atomic mass is 32.1. The van der Waals surface area contributed by atoms with E-state index in [-0.39, 0.29) is 23.6 Å². The number of carbonyl (C=O) groups is 2. The van der Waals surface area contributed by atoms with Crippen LogP contribution in [0.4, 0.5) is 5.69 Å². The summed E-state index contributed by atoms with van der Waals surface area (Å²) < 4.78 is 6.88. The minimum atomic E-state index is -0.578. The Morgan fingerprint density at radius 3 is 2.71 bits per heavy atom. The Morgan fingerprint density at radius 1 is 1.03 bits per heavy atom. The van der Waals surface area contributed by atoms with Crippen LogP contribution in [0.1, 0.15) is 32.1 Å². The zero-order valence-electron chi connectivity index (χ0n) is 18.1. The normalized spacial score (nSPS) is 11.0. The van der Waals surface area contributed by atoms with Gasteiger partial charge in [-0.3, -0.25) is 14.0 Å². The predicted molar refractivity (Wildman–Crippen MR) is 132 cm³/mol. The molecule has 7 nitrogen and oxygen atoms in total. The molecule has 0 aliphatic rings. The van der Waals surface area contributed by atoms with Crippen molar-refractivity contribution in [1.29, 1.82) is 0 Å². The number of benzene rings is 3. The maximum Gasteiger partial charge on any atom is 0.338 e. The smallest absolute Gasteiger partial charge is 0.338 e. The summed E-state index contributed by atoms with van der Waals surface area (Å²) in [5.74, 6) is -0.850. The Labute approximate surface area is 198 Å². The number of fused-ring (bicyclic) bond motifs is 2. The highest BCUT2D eigenvalue weighted by Gasteiger charge is 2.14. The second-order valence-electron chi connectivity index (χ2n) is 7.72. The van der Waals surface area contributed by atoms with Gasteiger partial charge >= 0.3 is 5.97 Å². The summed E-state index contributed by atoms with van der Waals surface area (Å²) in [6.45, 7) is 1.70. The number of aryl methyl sites for hydroxylation is 1. The summed E-state index contributed by atoms with van der Waals surface area (Å²) in [5, 5.41) is 6.51. The van der Waals surface area contributed by atoms with Crippen LogP contribution in [0.3, 0.4) is 0 Å². The molecular weight excluding hydrogens is 450 g/mol. The first-order valence-electron chi connectivity index (χ1n) is 10.5. The highest BCUT2D eigenvalue weighted by Crippen LogP contribution is 2.21. The number of carbonyl (C=O) groups excluding carboxylic acids is 2. The number of ether oxygens (including phenoxy) is 1. The first kappa shape index (κ1) is 21.5. The molecule has 34 heavy (non-hydrogen) atoms. The lowest BCUT2D eigenvalue weighted by Crippen LogP contribution is -2.16. The molecule has 3 aromatic carbocycles. The van der Waals surface area contributed by atoms with Crippen LogP contribution in [-0.4, -0.2) is 21.3 Å². The summed E-state index contributed by atoms with van der Waals surface area (Å²) in [5.41, 5.74) is 2.26. The zero-order chi connectivity index (χ0) is 23.7. The van der Waals surface area contributed by atoms with Gasteiger partial charge in [0.15, 0.2) is 4.96 Å². The van der Waals surface area contributed by atoms with Gasteiger partial charge in [0.25, 0.3) is 11.5 Å². The third kappa shape index (κ3) is 4.18. The first-order valence-corrected chi connectivity index (χ1v) is 11.4. The molecule has 0 saturated heterocycles. The largest absolute Gasteiger partial charge is 0.456 e. The van der Waals surface area contributed by atoms with Gasteiger partial charge in [0, 0.05) is 28.4 Å². The molecule has 5 rings (SSSR count). The van der Waals surface area contributed by atoms with E-state index in [2.05, 4.69) is 10.3 Å². The van der Waals surface area contributed by atoms with Crippen LogP contribution in [0.2, 0.25) is 0 Å². The summed E-state index contributed by atoms with van der Waals surface area (Å²) >= 11 is 1.35. The van der Waals surface area contributed by atoms with E-state index in [0.29, 0.717) is 21.9 Å². The van der Waals surface area contributed by atoms with E-state index in [9.17, 15) is 14.4 Å². The monoisotopic (exact) mass is 469 g/mol. The van der Waals surface area contributed by atoms with Crippen molar-refractivity contribution in [3.63, 3.8) is 0 Å². The van der Waals surface area contributed by atoms with Crippen molar-refractivity contribution in [3.05, 3.63) is 111 Å². The van der Waals surface area contributed by atoms with E-state index in [1.54, 1.807) is 30.3 Å². The second-order valence-corrected chi connectivity index (χ2v) is 8.56. The number of thiazole rings is 1. The van der Waals surface area contributed by atoms with E-state index in [1.165, 1.54) is 21.8 Å². The number of anilines is 1. The molecule has 2 heterocycles. The Balaban J connectivity index is 1.30. The van der Waals surface area contributed by atoms with Gasteiger partial charge in [-0.1, -0.05) is 42.5 Å². The molecule has 0 radical (unpaired) electrons. The predicted octanol–water partition coefficient (Wildman–Crippen LogP) is 4.83. The maximum absolute atomic E-state index is 12.9. The Kier molecular flexibility index (Phi) is 5.65. The van der Waals surface area contributed by atoms with Gasteiger partial charge in [0.05, 0.1) is 11.3 Å². The van der Waals surface area contributed by atoms with E-state index in [1.807, 2.05) is 48.7 Å². The molecule has 0 aliphatic heterocycles. The van der Waals surface area contributed by atoms with Gasteiger partial charge in [-0.15, -0.1) is 11.3 Å². The van der Waals surface area contributed by atoms with Crippen molar-refractivity contribution in [2.75, 3.05) is 5.32 Å². The van der Waals surface area contributed by atoms with Crippen molar-refractivity contribution in [2.45, 2.75) is 13.5 Å². The average Bonchev–Trinajstić information content (AvgIpc) is 3.23. The molecule has 0 atom stereocenters. The van der Waals surface area contributed by atoms with Gasteiger partial charge in [-0.2, -0.15) is 0 Å². The van der Waals surface area contributed by atoms with Crippen molar-refractivity contribution in [3.8, 4) is 0 Å². The molecule has 1 N–H and O–H groups in total. The SMILES string of the molecule is Cc1csc2nc(COC(=O)c3cccc(NC(=O)c4cccc5ccccc45)c3)cc(=O)n12. The van der Waals surface area contributed by atoms with Crippen molar-refractivity contribution >= 4 is 44.6 Å². The van der Waals surface area contributed by atoms with Crippen LogP contribution < -0.4 is 10.9 Å². The lowest BCUT2D eigenvalue weighted by atomic mass is 10.0. The van der Waals surface area contributed by atoms with Crippen LogP contribution >= 0.6 is 11.3 Å². The number of nitrogens with one attached hydrogen (secondary N) is 1. The molecule has 0 spiro atoms. The van der Waals surface area contributed by atoms with Gasteiger partial charge in [0.1, 0.15) is 6.61 Å². The Bertz CT molecular complexity index is 1610. The number of hydrogen-bond donors (Lipinski definition) is 1. The second kappa shape index (κ2) is 8.92. The number of hydrogen-bond acceptors (Lipinski definition) is 6. The third-order valence-corrected chi connectivity index (χ3v) is 6.31. The quantitative estimate of drug-likeness (QED) is 0.373. The standard InChI is InChI=1S/C26H19N3O4S/c1-16-15-34-26-28-20(13-23(30)29(16)26)14-33-25(32)18-8-4-9-19(12-18)27-24(31)22-11-5-7-17-6-2-3-10-21(17)22/h2-13,15H,14H2,1H3,(H,27,31). The van der Waals surface area contributed by atoms with Crippen LogP contribution in [0.25, 0.3) is 15.7 Å². The molecule has 8 heteroatoms. The molecule has 1 amide bonds. The summed E-state index contributed by atoms with van der Waals surface area (Å²) in [6, 6.07) is 21.1. The number of esters is 1. The van der Waals surface area contributed by atoms with Crippen LogP contribution in [0, 0.1) is 6.92 Å². The number of aromatic nitrogens is 2. The minimum absolute atomic E-state index is 0.131. The highest BCUT2D eigenvalue weighted by molar-refractivity contribution is 7.15. The first-order chi connectivity index (χ1) is 16.5.